The highest BCUT2D eigenvalue weighted by Gasteiger charge is 2.42. The largest absolute Gasteiger partial charge is 0.504 e. The van der Waals surface area contributed by atoms with Gasteiger partial charge in [-0.05, 0) is 55.8 Å². The number of likely N-dealkylation sites (tertiary alicyclic amines) is 2. The Hall–Kier alpha value is -2.67. The third-order valence-corrected chi connectivity index (χ3v) is 6.62. The van der Waals surface area contributed by atoms with Crippen LogP contribution in [0.15, 0.2) is 30.3 Å². The van der Waals surface area contributed by atoms with Crippen molar-refractivity contribution < 1.29 is 23.8 Å². The highest BCUT2D eigenvalue weighted by molar-refractivity contribution is 5.95. The predicted molar refractivity (Wildman–Crippen MR) is 108 cm³/mol. The number of nitrogens with zero attached hydrogens (tertiary/aromatic N) is 2. The number of phenolic OH excluding ortho intramolecular Hbond substituents is 2. The number of halogens is 2. The first-order chi connectivity index (χ1) is 14.3. The summed E-state index contributed by atoms with van der Waals surface area (Å²) < 4.78 is 28.5. The first kappa shape index (κ1) is 20.6. The molecule has 2 fully saturated rings. The summed E-state index contributed by atoms with van der Waals surface area (Å²) in [5, 5.41) is 19.7. The van der Waals surface area contributed by atoms with E-state index in [0.717, 1.165) is 38.4 Å². The zero-order valence-corrected chi connectivity index (χ0v) is 17.0. The van der Waals surface area contributed by atoms with Gasteiger partial charge in [0.2, 0.25) is 0 Å². The van der Waals surface area contributed by atoms with E-state index in [9.17, 15) is 23.8 Å². The number of piperidine rings is 1. The second-order valence-electron chi connectivity index (χ2n) is 8.59. The number of amides is 1. The first-order valence-corrected chi connectivity index (χ1v) is 10.3. The van der Waals surface area contributed by atoms with E-state index >= 15 is 0 Å². The number of phenols is 2. The Bertz CT molecular complexity index is 971. The SMILES string of the molecule is Cc1ccc(F)c(C(=O)N2CCC3(CCN(Cc4cccc(O)c4O)C3)CC2)c1F. The van der Waals surface area contributed by atoms with Crippen molar-refractivity contribution in [2.75, 3.05) is 26.2 Å². The van der Waals surface area contributed by atoms with Crippen molar-refractivity contribution in [3.8, 4) is 11.5 Å². The summed E-state index contributed by atoms with van der Waals surface area (Å²) in [4.78, 5) is 16.5. The highest BCUT2D eigenvalue weighted by atomic mass is 19.1. The summed E-state index contributed by atoms with van der Waals surface area (Å²) >= 11 is 0. The third-order valence-electron chi connectivity index (χ3n) is 6.62. The molecule has 0 saturated carbocycles. The third kappa shape index (κ3) is 3.74. The van der Waals surface area contributed by atoms with Crippen molar-refractivity contribution >= 4 is 5.91 Å². The van der Waals surface area contributed by atoms with Gasteiger partial charge in [-0.3, -0.25) is 9.69 Å². The molecule has 0 aromatic heterocycles. The maximum absolute atomic E-state index is 14.3. The van der Waals surface area contributed by atoms with Crippen LogP contribution in [0.4, 0.5) is 8.78 Å². The van der Waals surface area contributed by atoms with Crippen molar-refractivity contribution in [1.82, 2.24) is 9.80 Å². The van der Waals surface area contributed by atoms with Crippen LogP contribution >= 0.6 is 0 Å². The fraction of sp³-hybridized carbons (Fsp3) is 0.435. The lowest BCUT2D eigenvalue weighted by Gasteiger charge is -2.39. The number of aryl methyl sites for hydroxylation is 1. The molecule has 0 bridgehead atoms. The van der Waals surface area contributed by atoms with E-state index in [0.29, 0.717) is 25.2 Å². The highest BCUT2D eigenvalue weighted by Crippen LogP contribution is 2.42. The van der Waals surface area contributed by atoms with E-state index in [-0.39, 0.29) is 22.5 Å². The van der Waals surface area contributed by atoms with Gasteiger partial charge in [-0.1, -0.05) is 18.2 Å². The topological polar surface area (TPSA) is 64.0 Å². The Morgan fingerprint density at radius 2 is 1.77 bits per heavy atom. The van der Waals surface area contributed by atoms with Gasteiger partial charge in [0, 0.05) is 31.7 Å². The fourth-order valence-electron chi connectivity index (χ4n) is 4.71. The van der Waals surface area contributed by atoms with E-state index in [1.165, 1.54) is 19.1 Å². The van der Waals surface area contributed by atoms with E-state index < -0.39 is 23.1 Å². The molecule has 0 unspecified atom stereocenters. The van der Waals surface area contributed by atoms with Crippen molar-refractivity contribution in [2.24, 2.45) is 5.41 Å². The molecule has 1 spiro atoms. The molecule has 7 heteroatoms. The normalized spacial score (nSPS) is 18.8. The van der Waals surface area contributed by atoms with Gasteiger partial charge in [-0.2, -0.15) is 0 Å². The molecular formula is C23H26F2N2O3. The molecule has 1 amide bonds. The molecular weight excluding hydrogens is 390 g/mol. The molecule has 5 nitrogen and oxygen atoms in total. The van der Waals surface area contributed by atoms with Gasteiger partial charge < -0.3 is 15.1 Å². The number of rotatable bonds is 3. The Kier molecular flexibility index (Phi) is 5.40. The molecule has 2 aliphatic heterocycles. The van der Waals surface area contributed by atoms with Crippen LogP contribution in [0, 0.1) is 24.0 Å². The van der Waals surface area contributed by atoms with Crippen LogP contribution in [0.1, 0.15) is 40.7 Å². The van der Waals surface area contributed by atoms with E-state index in [4.69, 9.17) is 0 Å². The van der Waals surface area contributed by atoms with Crippen molar-refractivity contribution in [3.05, 3.63) is 58.7 Å². The molecule has 2 heterocycles. The van der Waals surface area contributed by atoms with Crippen LogP contribution < -0.4 is 0 Å². The van der Waals surface area contributed by atoms with Gasteiger partial charge in [0.15, 0.2) is 11.5 Å². The molecule has 160 valence electrons. The Labute approximate surface area is 174 Å². The zero-order chi connectivity index (χ0) is 21.5. The lowest BCUT2D eigenvalue weighted by Crippen LogP contribution is -2.44. The van der Waals surface area contributed by atoms with E-state index in [1.54, 1.807) is 17.0 Å². The standard InChI is InChI=1S/C23H26F2N2O3/c1-15-5-6-17(24)19(20(15)25)22(30)27-11-8-23(9-12-27)7-10-26(14-23)13-16-3-2-4-18(28)21(16)29/h2-6,28-29H,7-14H2,1H3. The summed E-state index contributed by atoms with van der Waals surface area (Å²) in [6.07, 6.45) is 2.52. The monoisotopic (exact) mass is 416 g/mol. The summed E-state index contributed by atoms with van der Waals surface area (Å²) in [7, 11) is 0. The zero-order valence-electron chi connectivity index (χ0n) is 17.0. The molecule has 2 aromatic rings. The van der Waals surface area contributed by atoms with Gasteiger partial charge >= 0.3 is 0 Å². The van der Waals surface area contributed by atoms with Gasteiger partial charge in [0.05, 0.1) is 0 Å². The van der Waals surface area contributed by atoms with Crippen molar-refractivity contribution in [3.63, 3.8) is 0 Å². The number of para-hydroxylation sites is 1. The second kappa shape index (κ2) is 7.87. The molecule has 2 N–H and O–H groups in total. The maximum Gasteiger partial charge on any atom is 0.259 e. The van der Waals surface area contributed by atoms with Gasteiger partial charge in [0.25, 0.3) is 5.91 Å². The quantitative estimate of drug-likeness (QED) is 0.747. The van der Waals surface area contributed by atoms with Crippen molar-refractivity contribution in [2.45, 2.75) is 32.7 Å². The van der Waals surface area contributed by atoms with Crippen molar-refractivity contribution in [1.29, 1.82) is 0 Å². The number of hydrogen-bond acceptors (Lipinski definition) is 4. The molecule has 0 aliphatic carbocycles. The fourth-order valence-corrected chi connectivity index (χ4v) is 4.71. The Balaban J connectivity index is 1.40. The Morgan fingerprint density at radius 1 is 1.07 bits per heavy atom. The van der Waals surface area contributed by atoms with E-state index in [2.05, 4.69) is 4.90 Å². The van der Waals surface area contributed by atoms with Gasteiger partial charge in [-0.25, -0.2) is 8.78 Å². The summed E-state index contributed by atoms with van der Waals surface area (Å²) in [5.74, 6) is -2.38. The molecule has 2 aliphatic rings. The summed E-state index contributed by atoms with van der Waals surface area (Å²) in [6.45, 7) is 4.70. The number of aromatic hydroxyl groups is 2. The minimum atomic E-state index is -0.818. The van der Waals surface area contributed by atoms with Crippen LogP contribution in [0.3, 0.4) is 0 Å². The number of carbonyl (C=O) groups excluding carboxylic acids is 1. The van der Waals surface area contributed by atoms with E-state index in [1.807, 2.05) is 0 Å². The summed E-state index contributed by atoms with van der Waals surface area (Å²) in [6, 6.07) is 7.44. The predicted octanol–water partition coefficient (Wildman–Crippen LogP) is 3.81. The number of benzene rings is 2. The molecule has 4 rings (SSSR count). The molecule has 0 radical (unpaired) electrons. The minimum absolute atomic E-state index is 0.0624. The summed E-state index contributed by atoms with van der Waals surface area (Å²) in [5.41, 5.74) is 0.547. The maximum atomic E-state index is 14.3. The molecule has 2 saturated heterocycles. The Morgan fingerprint density at radius 3 is 2.50 bits per heavy atom. The first-order valence-electron chi connectivity index (χ1n) is 10.3. The molecule has 2 aromatic carbocycles. The molecule has 0 atom stereocenters. The average molecular weight is 416 g/mol. The minimum Gasteiger partial charge on any atom is -0.504 e. The second-order valence-corrected chi connectivity index (χ2v) is 8.59. The lowest BCUT2D eigenvalue weighted by atomic mass is 9.77. The van der Waals surface area contributed by atoms with Crippen LogP contribution in [0.25, 0.3) is 0 Å². The van der Waals surface area contributed by atoms with Gasteiger partial charge in [0.1, 0.15) is 17.2 Å². The van der Waals surface area contributed by atoms with Crippen LogP contribution in [0.5, 0.6) is 11.5 Å². The van der Waals surface area contributed by atoms with Crippen LogP contribution in [-0.2, 0) is 6.54 Å². The van der Waals surface area contributed by atoms with Gasteiger partial charge in [-0.15, -0.1) is 0 Å². The molecule has 30 heavy (non-hydrogen) atoms. The van der Waals surface area contributed by atoms with Crippen LogP contribution in [-0.4, -0.2) is 52.1 Å². The smallest absolute Gasteiger partial charge is 0.259 e. The van der Waals surface area contributed by atoms with Crippen LogP contribution in [0.2, 0.25) is 0 Å². The number of carbonyl (C=O) groups is 1. The average Bonchev–Trinajstić information content (AvgIpc) is 3.11. The number of hydrogen-bond donors (Lipinski definition) is 2. The lowest BCUT2D eigenvalue weighted by molar-refractivity contribution is 0.0578.